The van der Waals surface area contributed by atoms with E-state index in [0.717, 1.165) is 67.3 Å². The van der Waals surface area contributed by atoms with E-state index < -0.39 is 0 Å². The number of nitrogens with zero attached hydrogens (tertiary/aromatic N) is 2. The predicted molar refractivity (Wildman–Crippen MR) is 96.8 cm³/mol. The van der Waals surface area contributed by atoms with Crippen LogP contribution in [0, 0.1) is 0 Å². The number of aromatic nitrogens is 2. The Labute approximate surface area is 156 Å². The van der Waals surface area contributed by atoms with Crippen molar-refractivity contribution >= 4 is 5.91 Å². The van der Waals surface area contributed by atoms with Crippen LogP contribution in [0.1, 0.15) is 64.1 Å². The van der Waals surface area contributed by atoms with Gasteiger partial charge >= 0.3 is 0 Å². The summed E-state index contributed by atoms with van der Waals surface area (Å²) in [6, 6.07) is 1.80. The molecule has 142 valence electrons. The molecule has 7 heteroatoms. The van der Waals surface area contributed by atoms with Gasteiger partial charge in [0, 0.05) is 25.3 Å². The van der Waals surface area contributed by atoms with Gasteiger partial charge in [-0.15, -0.1) is 0 Å². The van der Waals surface area contributed by atoms with Crippen molar-refractivity contribution in [1.82, 2.24) is 14.9 Å². The number of carbonyl (C=O) groups excluding carboxylic acids is 1. The van der Waals surface area contributed by atoms with Crippen LogP contribution in [-0.4, -0.2) is 40.5 Å². The van der Waals surface area contributed by atoms with E-state index in [9.17, 15) is 9.59 Å². The zero-order valence-electron chi connectivity index (χ0n) is 15.3. The van der Waals surface area contributed by atoms with E-state index >= 15 is 0 Å². The number of aromatic amines is 1. The Morgan fingerprint density at radius 3 is 3.00 bits per heavy atom. The number of pyridine rings is 1. The second kappa shape index (κ2) is 6.64. The Morgan fingerprint density at radius 1 is 1.26 bits per heavy atom. The Kier molecular flexibility index (Phi) is 4.11. The zero-order chi connectivity index (χ0) is 18.4. The molecule has 27 heavy (non-hydrogen) atoms. The number of carbonyl (C=O) groups is 1. The highest BCUT2D eigenvalue weighted by Gasteiger charge is 2.31. The molecule has 5 rings (SSSR count). The van der Waals surface area contributed by atoms with Gasteiger partial charge in [-0.05, 0) is 43.7 Å². The lowest BCUT2D eigenvalue weighted by molar-refractivity contribution is 0.0726. The molecule has 2 aromatic rings. The molecule has 1 N–H and O–H groups in total. The van der Waals surface area contributed by atoms with Gasteiger partial charge in [0.05, 0.1) is 19.1 Å². The maximum absolute atomic E-state index is 13.0. The molecule has 0 aromatic carbocycles. The van der Waals surface area contributed by atoms with Crippen molar-refractivity contribution in [3.05, 3.63) is 50.6 Å². The van der Waals surface area contributed by atoms with Crippen molar-refractivity contribution in [2.75, 3.05) is 19.8 Å². The highest BCUT2D eigenvalue weighted by molar-refractivity contribution is 5.94. The Balaban J connectivity index is 1.38. The van der Waals surface area contributed by atoms with Crippen molar-refractivity contribution in [3.63, 3.8) is 0 Å². The zero-order valence-corrected chi connectivity index (χ0v) is 15.3. The highest BCUT2D eigenvalue weighted by atomic mass is 16.5. The summed E-state index contributed by atoms with van der Waals surface area (Å²) in [5, 5.41) is 0. The minimum absolute atomic E-state index is 0.211. The van der Waals surface area contributed by atoms with Gasteiger partial charge in [0.1, 0.15) is 17.0 Å². The summed E-state index contributed by atoms with van der Waals surface area (Å²) in [6.07, 6.45) is 5.56. The largest absolute Gasteiger partial charge is 0.445 e. The quantitative estimate of drug-likeness (QED) is 0.874. The van der Waals surface area contributed by atoms with Crippen molar-refractivity contribution < 1.29 is 13.9 Å². The van der Waals surface area contributed by atoms with Gasteiger partial charge in [-0.3, -0.25) is 9.59 Å². The first kappa shape index (κ1) is 16.7. The van der Waals surface area contributed by atoms with Crippen molar-refractivity contribution in [1.29, 1.82) is 0 Å². The number of nitrogens with one attached hydrogen (secondary N) is 1. The van der Waals surface area contributed by atoms with E-state index in [0.29, 0.717) is 26.1 Å². The van der Waals surface area contributed by atoms with E-state index in [1.807, 2.05) is 0 Å². The molecule has 1 saturated heterocycles. The van der Waals surface area contributed by atoms with E-state index in [1.165, 1.54) is 0 Å². The molecule has 2 aromatic heterocycles. The molecule has 1 aliphatic carbocycles. The third-order valence-corrected chi connectivity index (χ3v) is 5.88. The lowest BCUT2D eigenvalue weighted by Crippen LogP contribution is -2.38. The minimum atomic E-state index is -0.282. The summed E-state index contributed by atoms with van der Waals surface area (Å²) >= 11 is 0. The molecule has 0 bridgehead atoms. The third-order valence-electron chi connectivity index (χ3n) is 5.88. The first-order valence-electron chi connectivity index (χ1n) is 9.79. The molecule has 2 aliphatic heterocycles. The molecular formula is C20H23N3O4. The third kappa shape index (κ3) is 3.00. The van der Waals surface area contributed by atoms with Crippen LogP contribution in [0.4, 0.5) is 0 Å². The monoisotopic (exact) mass is 369 g/mol. The van der Waals surface area contributed by atoms with Crippen molar-refractivity contribution in [2.45, 2.75) is 51.0 Å². The van der Waals surface area contributed by atoms with Gasteiger partial charge in [0.25, 0.3) is 11.5 Å². The second-order valence-corrected chi connectivity index (χ2v) is 7.68. The number of rotatable bonds is 2. The number of H-pyrrole nitrogens is 1. The second-order valence-electron chi connectivity index (χ2n) is 7.68. The Hall–Kier alpha value is -2.41. The van der Waals surface area contributed by atoms with Crippen LogP contribution >= 0.6 is 0 Å². The van der Waals surface area contributed by atoms with Crippen LogP contribution < -0.4 is 5.56 Å². The van der Waals surface area contributed by atoms with Crippen molar-refractivity contribution in [2.24, 2.45) is 0 Å². The number of aryl methyl sites for hydroxylation is 2. The summed E-state index contributed by atoms with van der Waals surface area (Å²) in [4.78, 5) is 34.7. The number of fused-ring (bicyclic) bond motifs is 2. The average Bonchev–Trinajstić information content (AvgIpc) is 3.35. The van der Waals surface area contributed by atoms with Crippen LogP contribution in [0.15, 0.2) is 15.3 Å². The first-order valence-corrected chi connectivity index (χ1v) is 9.79. The summed E-state index contributed by atoms with van der Waals surface area (Å²) < 4.78 is 11.3. The molecule has 1 fully saturated rings. The average molecular weight is 369 g/mol. The molecule has 3 aliphatic rings. The van der Waals surface area contributed by atoms with Gasteiger partial charge in [-0.1, -0.05) is 0 Å². The number of hydrogen-bond acceptors (Lipinski definition) is 5. The van der Waals surface area contributed by atoms with Crippen LogP contribution in [0.2, 0.25) is 0 Å². The Bertz CT molecular complexity index is 939. The van der Waals surface area contributed by atoms with Gasteiger partial charge in [0.2, 0.25) is 0 Å². The van der Waals surface area contributed by atoms with Gasteiger partial charge in [-0.2, -0.15) is 0 Å². The maximum Gasteiger partial charge on any atom is 0.261 e. The molecule has 1 unspecified atom stereocenters. The van der Waals surface area contributed by atoms with Crippen LogP contribution in [0.25, 0.3) is 0 Å². The normalized spacial score (nSPS) is 21.8. The molecule has 0 saturated carbocycles. The maximum atomic E-state index is 13.0. The summed E-state index contributed by atoms with van der Waals surface area (Å²) in [5.74, 6) is 1.57. The van der Waals surface area contributed by atoms with Gasteiger partial charge in [0.15, 0.2) is 5.89 Å². The molecule has 1 atom stereocenters. The number of hydrogen-bond donors (Lipinski definition) is 1. The van der Waals surface area contributed by atoms with Gasteiger partial charge in [-0.25, -0.2) is 4.98 Å². The minimum Gasteiger partial charge on any atom is -0.445 e. The van der Waals surface area contributed by atoms with E-state index in [-0.39, 0.29) is 22.9 Å². The topological polar surface area (TPSA) is 88.4 Å². The van der Waals surface area contributed by atoms with Crippen molar-refractivity contribution in [3.8, 4) is 0 Å². The summed E-state index contributed by atoms with van der Waals surface area (Å²) in [5.41, 5.74) is 2.86. The number of ether oxygens (including phenoxy) is 1. The number of amides is 1. The Morgan fingerprint density at radius 2 is 2.15 bits per heavy atom. The van der Waals surface area contributed by atoms with E-state index in [1.54, 1.807) is 11.0 Å². The smallest absolute Gasteiger partial charge is 0.261 e. The fourth-order valence-electron chi connectivity index (χ4n) is 4.30. The lowest BCUT2D eigenvalue weighted by Gasteiger charge is -2.25. The lowest BCUT2D eigenvalue weighted by atomic mass is 9.94. The van der Waals surface area contributed by atoms with Crippen LogP contribution in [-0.2, 0) is 30.5 Å². The van der Waals surface area contributed by atoms with E-state index in [4.69, 9.17) is 9.15 Å². The fourth-order valence-corrected chi connectivity index (χ4v) is 4.30. The standard InChI is InChI=1S/C20H23N3O4/c24-18-14(9-12-3-1-2-4-15(12)21-18)20(25)23-7-5-17-16(10-23)22-19(27-17)13-6-8-26-11-13/h9,13H,1-8,10-11H2,(H,21,24). The predicted octanol–water partition coefficient (Wildman–Crippen LogP) is 1.94. The van der Waals surface area contributed by atoms with Crippen LogP contribution in [0.5, 0.6) is 0 Å². The number of oxazole rings is 1. The molecule has 0 radical (unpaired) electrons. The fraction of sp³-hybridized carbons (Fsp3) is 0.550. The summed E-state index contributed by atoms with van der Waals surface area (Å²) in [6.45, 7) is 2.32. The van der Waals surface area contributed by atoms with E-state index in [2.05, 4.69) is 9.97 Å². The molecule has 7 nitrogen and oxygen atoms in total. The molecular weight excluding hydrogens is 346 g/mol. The molecule has 4 heterocycles. The van der Waals surface area contributed by atoms with Gasteiger partial charge < -0.3 is 19.0 Å². The van der Waals surface area contributed by atoms with Crippen LogP contribution in [0.3, 0.4) is 0 Å². The first-order chi connectivity index (χ1) is 13.2. The summed E-state index contributed by atoms with van der Waals surface area (Å²) in [7, 11) is 0. The molecule has 1 amide bonds. The highest BCUT2D eigenvalue weighted by Crippen LogP contribution is 2.29. The molecule has 0 spiro atoms. The SMILES string of the molecule is O=C(c1cc2c([nH]c1=O)CCCC2)N1CCc2oc(C3CCOC3)nc2C1.